The van der Waals surface area contributed by atoms with Crippen LogP contribution >= 0.6 is 0 Å². The summed E-state index contributed by atoms with van der Waals surface area (Å²) in [5.41, 5.74) is 0. The molecule has 0 aromatic rings. The van der Waals surface area contributed by atoms with Crippen LogP contribution in [0.15, 0.2) is 0 Å². The fourth-order valence-corrected chi connectivity index (χ4v) is 2.26. The number of carbonyl (C=O) groups excluding carboxylic acids is 1. The Labute approximate surface area is 99.9 Å². The van der Waals surface area contributed by atoms with Crippen molar-refractivity contribution in [2.45, 2.75) is 31.3 Å². The molecule has 0 bridgehead atoms. The molecule has 1 aliphatic heterocycles. The predicted molar refractivity (Wildman–Crippen MR) is 59.7 cm³/mol. The third kappa shape index (κ3) is 3.09. The van der Waals surface area contributed by atoms with Gasteiger partial charge in [0.15, 0.2) is 0 Å². The number of aliphatic carboxylic acids is 1. The molecule has 0 radical (unpaired) electrons. The number of ether oxygens (including phenoxy) is 1. The van der Waals surface area contributed by atoms with Crippen LogP contribution in [0, 0.1) is 5.92 Å². The zero-order chi connectivity index (χ0) is 12.4. The predicted octanol–water partition coefficient (Wildman–Crippen LogP) is 0.280. The van der Waals surface area contributed by atoms with Crippen molar-refractivity contribution in [2.75, 3.05) is 20.2 Å². The summed E-state index contributed by atoms with van der Waals surface area (Å²) in [7, 11) is 1.32. The summed E-state index contributed by atoms with van der Waals surface area (Å²) in [4.78, 5) is 24.0. The van der Waals surface area contributed by atoms with Crippen LogP contribution in [0.3, 0.4) is 0 Å². The van der Waals surface area contributed by atoms with Gasteiger partial charge in [-0.2, -0.15) is 0 Å². The number of hydrogen-bond acceptors (Lipinski definition) is 4. The van der Waals surface area contributed by atoms with Crippen molar-refractivity contribution in [3.8, 4) is 0 Å². The molecule has 2 aliphatic rings. The molecule has 2 N–H and O–H groups in total. The number of nitrogens with one attached hydrogen (secondary N) is 1. The average molecular weight is 242 g/mol. The first-order chi connectivity index (χ1) is 8.10. The van der Waals surface area contributed by atoms with Gasteiger partial charge in [-0.1, -0.05) is 0 Å². The zero-order valence-electron chi connectivity index (χ0n) is 9.89. The Morgan fingerprint density at radius 1 is 1.29 bits per heavy atom. The first-order valence-corrected chi connectivity index (χ1v) is 5.92. The van der Waals surface area contributed by atoms with E-state index in [1.54, 1.807) is 0 Å². The van der Waals surface area contributed by atoms with E-state index < -0.39 is 18.0 Å². The number of piperidine rings is 1. The maximum absolute atomic E-state index is 11.5. The Morgan fingerprint density at radius 3 is 2.53 bits per heavy atom. The molecule has 17 heavy (non-hydrogen) atoms. The van der Waals surface area contributed by atoms with Gasteiger partial charge in [-0.25, -0.2) is 4.79 Å². The highest BCUT2D eigenvalue weighted by Gasteiger charge is 2.36. The fourth-order valence-electron chi connectivity index (χ4n) is 2.26. The molecule has 6 heteroatoms. The van der Waals surface area contributed by atoms with E-state index in [0.717, 1.165) is 12.8 Å². The Balaban J connectivity index is 1.97. The average Bonchev–Trinajstić information content (AvgIpc) is 3.11. The van der Waals surface area contributed by atoms with Crippen LogP contribution in [0.2, 0.25) is 0 Å². The second kappa shape index (κ2) is 4.91. The molecule has 2 unspecified atom stereocenters. The van der Waals surface area contributed by atoms with Gasteiger partial charge >= 0.3 is 12.1 Å². The number of hydrogen-bond donors (Lipinski definition) is 2. The quantitative estimate of drug-likeness (QED) is 0.743. The zero-order valence-corrected chi connectivity index (χ0v) is 9.89. The minimum absolute atomic E-state index is 0.0662. The second-order valence-corrected chi connectivity index (χ2v) is 4.78. The van der Waals surface area contributed by atoms with E-state index in [4.69, 9.17) is 5.11 Å². The summed E-state index contributed by atoms with van der Waals surface area (Å²) < 4.78 is 4.65. The lowest BCUT2D eigenvalue weighted by Gasteiger charge is -2.35. The molecule has 0 aromatic heterocycles. The third-order valence-corrected chi connectivity index (χ3v) is 3.28. The smallest absolute Gasteiger partial charge is 0.409 e. The Hall–Kier alpha value is -1.30. The maximum atomic E-state index is 11.5. The van der Waals surface area contributed by atoms with Crippen LogP contribution in [0.1, 0.15) is 19.3 Å². The SMILES string of the molecule is COC(=O)N1CC(NC2CC2)CC(C(=O)O)C1. The number of rotatable bonds is 3. The first kappa shape index (κ1) is 12.2. The summed E-state index contributed by atoms with van der Waals surface area (Å²) >= 11 is 0. The lowest BCUT2D eigenvalue weighted by atomic mass is 9.94. The van der Waals surface area contributed by atoms with Crippen molar-refractivity contribution in [3.63, 3.8) is 0 Å². The summed E-state index contributed by atoms with van der Waals surface area (Å²) in [5.74, 6) is -1.35. The molecule has 0 spiro atoms. The standard InChI is InChI=1S/C11H18N2O4/c1-17-11(16)13-5-7(10(14)15)4-9(6-13)12-8-2-3-8/h7-9,12H,2-6H2,1H3,(H,14,15). The number of likely N-dealkylation sites (tertiary alicyclic amines) is 1. The topological polar surface area (TPSA) is 78.9 Å². The molecule has 1 amide bonds. The van der Waals surface area contributed by atoms with Crippen LogP contribution in [0.5, 0.6) is 0 Å². The molecular formula is C11H18N2O4. The van der Waals surface area contributed by atoms with Crippen LogP contribution < -0.4 is 5.32 Å². The van der Waals surface area contributed by atoms with E-state index in [9.17, 15) is 9.59 Å². The fraction of sp³-hybridized carbons (Fsp3) is 0.818. The molecule has 96 valence electrons. The summed E-state index contributed by atoms with van der Waals surface area (Å²) in [6, 6.07) is 0.573. The van der Waals surface area contributed by atoms with Gasteiger partial charge in [0.05, 0.1) is 13.0 Å². The van der Waals surface area contributed by atoms with Crippen LogP contribution in [0.25, 0.3) is 0 Å². The van der Waals surface area contributed by atoms with Gasteiger partial charge in [-0.3, -0.25) is 4.79 Å². The minimum atomic E-state index is -0.846. The summed E-state index contributed by atoms with van der Waals surface area (Å²) in [5, 5.41) is 12.4. The van der Waals surface area contributed by atoms with E-state index in [2.05, 4.69) is 10.1 Å². The van der Waals surface area contributed by atoms with Crippen LogP contribution in [0.4, 0.5) is 4.79 Å². The van der Waals surface area contributed by atoms with E-state index >= 15 is 0 Å². The van der Waals surface area contributed by atoms with Gasteiger partial charge in [0, 0.05) is 25.2 Å². The van der Waals surface area contributed by atoms with E-state index in [1.807, 2.05) is 0 Å². The van der Waals surface area contributed by atoms with Crippen molar-refractivity contribution in [1.82, 2.24) is 10.2 Å². The molecule has 1 saturated heterocycles. The maximum Gasteiger partial charge on any atom is 0.409 e. The lowest BCUT2D eigenvalue weighted by molar-refractivity contribution is -0.143. The number of carboxylic acids is 1. The third-order valence-electron chi connectivity index (χ3n) is 3.28. The van der Waals surface area contributed by atoms with Gasteiger partial charge in [0.1, 0.15) is 0 Å². The minimum Gasteiger partial charge on any atom is -0.481 e. The van der Waals surface area contributed by atoms with E-state index in [1.165, 1.54) is 12.0 Å². The van der Waals surface area contributed by atoms with Crippen molar-refractivity contribution in [2.24, 2.45) is 5.92 Å². The molecule has 6 nitrogen and oxygen atoms in total. The molecule has 2 atom stereocenters. The van der Waals surface area contributed by atoms with E-state index in [-0.39, 0.29) is 12.6 Å². The molecular weight excluding hydrogens is 224 g/mol. The summed E-state index contributed by atoms with van der Waals surface area (Å²) in [6.45, 7) is 0.776. The number of carbonyl (C=O) groups is 2. The number of nitrogens with zero attached hydrogens (tertiary/aromatic N) is 1. The van der Waals surface area contributed by atoms with Crippen molar-refractivity contribution in [1.29, 1.82) is 0 Å². The van der Waals surface area contributed by atoms with E-state index in [0.29, 0.717) is 19.0 Å². The molecule has 0 aromatic carbocycles. The highest BCUT2D eigenvalue weighted by atomic mass is 16.5. The van der Waals surface area contributed by atoms with Gasteiger partial charge in [-0.05, 0) is 19.3 Å². The normalized spacial score (nSPS) is 28.9. The lowest BCUT2D eigenvalue weighted by Crippen LogP contribution is -2.53. The van der Waals surface area contributed by atoms with Gasteiger partial charge in [-0.15, -0.1) is 0 Å². The number of methoxy groups -OCH3 is 1. The van der Waals surface area contributed by atoms with Gasteiger partial charge in [0.25, 0.3) is 0 Å². The second-order valence-electron chi connectivity index (χ2n) is 4.78. The van der Waals surface area contributed by atoms with Crippen molar-refractivity contribution < 1.29 is 19.4 Å². The van der Waals surface area contributed by atoms with Crippen LogP contribution in [-0.2, 0) is 9.53 Å². The molecule has 1 heterocycles. The number of carboxylic acid groups (broad SMARTS) is 1. The monoisotopic (exact) mass is 242 g/mol. The first-order valence-electron chi connectivity index (χ1n) is 5.92. The van der Waals surface area contributed by atoms with Crippen molar-refractivity contribution in [3.05, 3.63) is 0 Å². The molecule has 2 fully saturated rings. The molecule has 1 saturated carbocycles. The largest absolute Gasteiger partial charge is 0.481 e. The highest BCUT2D eigenvalue weighted by molar-refractivity contribution is 5.73. The Bertz CT molecular complexity index is 317. The highest BCUT2D eigenvalue weighted by Crippen LogP contribution is 2.24. The molecule has 1 aliphatic carbocycles. The van der Waals surface area contributed by atoms with Gasteiger partial charge in [0.2, 0.25) is 0 Å². The molecule has 2 rings (SSSR count). The summed E-state index contributed by atoms with van der Waals surface area (Å²) in [6.07, 6.45) is 2.43. The van der Waals surface area contributed by atoms with Crippen molar-refractivity contribution >= 4 is 12.1 Å². The number of amides is 1. The van der Waals surface area contributed by atoms with Crippen LogP contribution in [-0.4, -0.2) is 54.4 Å². The Morgan fingerprint density at radius 2 is 2.00 bits per heavy atom. The Kier molecular flexibility index (Phi) is 3.51. The van der Waals surface area contributed by atoms with Gasteiger partial charge < -0.3 is 20.1 Å².